The molecule has 0 amide bonds. The molecule has 0 saturated heterocycles. The number of H-pyrrole nitrogens is 1. The van der Waals surface area contributed by atoms with Crippen molar-refractivity contribution in [1.82, 2.24) is 10.2 Å². The molecular formula is C17H17N3. The van der Waals surface area contributed by atoms with E-state index in [-0.39, 0.29) is 0 Å². The van der Waals surface area contributed by atoms with Crippen LogP contribution in [0, 0.1) is 0 Å². The first-order valence-electron chi connectivity index (χ1n) is 7.20. The van der Waals surface area contributed by atoms with Crippen LogP contribution in [0.1, 0.15) is 30.9 Å². The number of aromatic amines is 1. The number of rotatable bonds is 3. The molecule has 0 spiro atoms. The zero-order valence-electron chi connectivity index (χ0n) is 11.3. The SMILES string of the molecule is c1ccc2cc(Nc3cc(C4CCC4)[nH]n3)ccc2c1. The van der Waals surface area contributed by atoms with Crippen molar-refractivity contribution in [2.75, 3.05) is 5.32 Å². The van der Waals surface area contributed by atoms with E-state index in [2.05, 4.69) is 64.0 Å². The monoisotopic (exact) mass is 263 g/mol. The van der Waals surface area contributed by atoms with E-state index in [1.807, 2.05) is 0 Å². The van der Waals surface area contributed by atoms with Gasteiger partial charge in [-0.1, -0.05) is 36.8 Å². The third kappa shape index (κ3) is 2.05. The molecular weight excluding hydrogens is 246 g/mol. The van der Waals surface area contributed by atoms with Gasteiger partial charge in [0.15, 0.2) is 5.82 Å². The number of benzene rings is 2. The predicted molar refractivity (Wildman–Crippen MR) is 82.4 cm³/mol. The van der Waals surface area contributed by atoms with E-state index in [9.17, 15) is 0 Å². The molecule has 2 N–H and O–H groups in total. The second-order valence-electron chi connectivity index (χ2n) is 5.52. The third-order valence-corrected chi connectivity index (χ3v) is 4.16. The van der Waals surface area contributed by atoms with E-state index in [0.29, 0.717) is 5.92 Å². The van der Waals surface area contributed by atoms with Gasteiger partial charge in [0.25, 0.3) is 0 Å². The summed E-state index contributed by atoms with van der Waals surface area (Å²) in [7, 11) is 0. The van der Waals surface area contributed by atoms with Gasteiger partial charge in [-0.3, -0.25) is 5.10 Å². The van der Waals surface area contributed by atoms with Crippen LogP contribution in [0.2, 0.25) is 0 Å². The van der Waals surface area contributed by atoms with Crippen molar-refractivity contribution in [2.24, 2.45) is 0 Å². The lowest BCUT2D eigenvalue weighted by atomic mass is 9.83. The molecule has 3 aromatic rings. The first kappa shape index (κ1) is 11.5. The van der Waals surface area contributed by atoms with E-state index in [0.717, 1.165) is 11.5 Å². The van der Waals surface area contributed by atoms with E-state index < -0.39 is 0 Å². The van der Waals surface area contributed by atoms with Gasteiger partial charge in [-0.05, 0) is 35.7 Å². The zero-order valence-corrected chi connectivity index (χ0v) is 11.3. The summed E-state index contributed by atoms with van der Waals surface area (Å²) in [6, 6.07) is 16.9. The van der Waals surface area contributed by atoms with E-state index in [1.165, 1.54) is 35.7 Å². The van der Waals surface area contributed by atoms with E-state index in [1.54, 1.807) is 0 Å². The molecule has 2 aromatic carbocycles. The second kappa shape index (κ2) is 4.67. The first-order valence-corrected chi connectivity index (χ1v) is 7.20. The van der Waals surface area contributed by atoms with Crippen LogP contribution in [0.3, 0.4) is 0 Å². The van der Waals surface area contributed by atoms with Crippen molar-refractivity contribution in [2.45, 2.75) is 25.2 Å². The average Bonchev–Trinajstić information content (AvgIpc) is 2.85. The van der Waals surface area contributed by atoms with Gasteiger partial charge in [-0.25, -0.2) is 0 Å². The first-order chi connectivity index (χ1) is 9.88. The lowest BCUT2D eigenvalue weighted by molar-refractivity contribution is 0.410. The zero-order chi connectivity index (χ0) is 13.4. The van der Waals surface area contributed by atoms with Crippen molar-refractivity contribution >= 4 is 22.3 Å². The third-order valence-electron chi connectivity index (χ3n) is 4.16. The quantitative estimate of drug-likeness (QED) is 0.726. The van der Waals surface area contributed by atoms with Crippen molar-refractivity contribution in [3.63, 3.8) is 0 Å². The lowest BCUT2D eigenvalue weighted by Crippen LogP contribution is -2.08. The molecule has 0 unspecified atom stereocenters. The number of anilines is 2. The Morgan fingerprint density at radius 2 is 1.85 bits per heavy atom. The minimum Gasteiger partial charge on any atom is -0.339 e. The van der Waals surface area contributed by atoms with Crippen LogP contribution < -0.4 is 5.32 Å². The van der Waals surface area contributed by atoms with Gasteiger partial charge < -0.3 is 5.32 Å². The minimum atomic E-state index is 0.689. The van der Waals surface area contributed by atoms with Crippen LogP contribution in [0.15, 0.2) is 48.5 Å². The van der Waals surface area contributed by atoms with Crippen LogP contribution in [-0.2, 0) is 0 Å². The summed E-state index contributed by atoms with van der Waals surface area (Å²) in [5, 5.41) is 13.4. The summed E-state index contributed by atoms with van der Waals surface area (Å²) >= 11 is 0. The fourth-order valence-electron chi connectivity index (χ4n) is 2.74. The fraction of sp³-hybridized carbons (Fsp3) is 0.235. The summed E-state index contributed by atoms with van der Waals surface area (Å²) in [6.45, 7) is 0. The van der Waals surface area contributed by atoms with Gasteiger partial charge >= 0.3 is 0 Å². The van der Waals surface area contributed by atoms with Crippen molar-refractivity contribution in [3.05, 3.63) is 54.2 Å². The number of nitrogens with zero attached hydrogens (tertiary/aromatic N) is 1. The van der Waals surface area contributed by atoms with Crippen molar-refractivity contribution in [1.29, 1.82) is 0 Å². The molecule has 4 rings (SSSR count). The maximum atomic E-state index is 4.36. The highest BCUT2D eigenvalue weighted by atomic mass is 15.2. The predicted octanol–water partition coefficient (Wildman–Crippen LogP) is 4.57. The number of hydrogen-bond donors (Lipinski definition) is 2. The van der Waals surface area contributed by atoms with E-state index >= 15 is 0 Å². The fourth-order valence-corrected chi connectivity index (χ4v) is 2.74. The molecule has 0 bridgehead atoms. The molecule has 0 aliphatic heterocycles. The summed E-state index contributed by atoms with van der Waals surface area (Å²) in [6.07, 6.45) is 3.92. The smallest absolute Gasteiger partial charge is 0.152 e. The lowest BCUT2D eigenvalue weighted by Gasteiger charge is -2.23. The molecule has 1 aliphatic carbocycles. The Kier molecular flexibility index (Phi) is 2.69. The van der Waals surface area contributed by atoms with Gasteiger partial charge in [-0.15, -0.1) is 0 Å². The van der Waals surface area contributed by atoms with Crippen LogP contribution in [0.25, 0.3) is 10.8 Å². The molecule has 3 nitrogen and oxygen atoms in total. The van der Waals surface area contributed by atoms with Crippen LogP contribution in [0.4, 0.5) is 11.5 Å². The standard InChI is InChI=1S/C17H17N3/c1-2-5-14-10-15(9-8-12(14)4-1)18-17-11-16(19-20-17)13-6-3-7-13/h1-2,4-5,8-11,13H,3,6-7H2,(H2,18,19,20). The Bertz CT molecular complexity index is 741. The topological polar surface area (TPSA) is 40.7 Å². The van der Waals surface area contributed by atoms with Gasteiger partial charge in [-0.2, -0.15) is 5.10 Å². The Morgan fingerprint density at radius 3 is 2.65 bits per heavy atom. The van der Waals surface area contributed by atoms with E-state index in [4.69, 9.17) is 0 Å². The minimum absolute atomic E-state index is 0.689. The Morgan fingerprint density at radius 1 is 1.00 bits per heavy atom. The average molecular weight is 263 g/mol. The summed E-state index contributed by atoms with van der Waals surface area (Å²) < 4.78 is 0. The molecule has 1 fully saturated rings. The van der Waals surface area contributed by atoms with Crippen LogP contribution in [-0.4, -0.2) is 10.2 Å². The van der Waals surface area contributed by atoms with Gasteiger partial charge in [0.05, 0.1) is 0 Å². The highest BCUT2D eigenvalue weighted by molar-refractivity contribution is 5.86. The van der Waals surface area contributed by atoms with Crippen LogP contribution in [0.5, 0.6) is 0 Å². The molecule has 1 aliphatic rings. The van der Waals surface area contributed by atoms with Gasteiger partial charge in [0.1, 0.15) is 0 Å². The molecule has 0 radical (unpaired) electrons. The molecule has 20 heavy (non-hydrogen) atoms. The number of aromatic nitrogens is 2. The summed E-state index contributed by atoms with van der Waals surface area (Å²) in [5.74, 6) is 1.59. The Labute approximate surface area is 118 Å². The second-order valence-corrected chi connectivity index (χ2v) is 5.52. The maximum Gasteiger partial charge on any atom is 0.152 e. The number of nitrogens with one attached hydrogen (secondary N) is 2. The largest absolute Gasteiger partial charge is 0.339 e. The Hall–Kier alpha value is -2.29. The molecule has 1 heterocycles. The Balaban J connectivity index is 1.58. The normalized spacial score (nSPS) is 15.2. The maximum absolute atomic E-state index is 4.36. The van der Waals surface area contributed by atoms with Crippen LogP contribution >= 0.6 is 0 Å². The van der Waals surface area contributed by atoms with Gasteiger partial charge in [0, 0.05) is 23.4 Å². The molecule has 1 aromatic heterocycles. The molecule has 0 atom stereocenters. The molecule has 100 valence electrons. The number of hydrogen-bond acceptors (Lipinski definition) is 2. The highest BCUT2D eigenvalue weighted by Crippen LogP contribution is 2.36. The highest BCUT2D eigenvalue weighted by Gasteiger charge is 2.21. The summed E-state index contributed by atoms with van der Waals surface area (Å²) in [5.41, 5.74) is 2.34. The van der Waals surface area contributed by atoms with Crippen molar-refractivity contribution < 1.29 is 0 Å². The number of fused-ring (bicyclic) bond motifs is 1. The molecule has 1 saturated carbocycles. The van der Waals surface area contributed by atoms with Crippen molar-refractivity contribution in [3.8, 4) is 0 Å². The van der Waals surface area contributed by atoms with Gasteiger partial charge in [0.2, 0.25) is 0 Å². The molecule has 3 heteroatoms. The summed E-state index contributed by atoms with van der Waals surface area (Å²) in [4.78, 5) is 0.